The van der Waals surface area contributed by atoms with E-state index in [1.165, 1.54) is 24.7 Å². The van der Waals surface area contributed by atoms with Gasteiger partial charge >= 0.3 is 6.09 Å². The number of amides is 1. The predicted molar refractivity (Wildman–Crippen MR) is 144 cm³/mol. The van der Waals surface area contributed by atoms with Gasteiger partial charge in [0.1, 0.15) is 35.8 Å². The van der Waals surface area contributed by atoms with Crippen LogP contribution in [0.1, 0.15) is 67.6 Å². The van der Waals surface area contributed by atoms with Crippen molar-refractivity contribution in [3.63, 3.8) is 0 Å². The number of ether oxygens (including phenoxy) is 2. The summed E-state index contributed by atoms with van der Waals surface area (Å²) in [6.07, 6.45) is 7.71. The number of carbonyl (C=O) groups is 1. The van der Waals surface area contributed by atoms with Gasteiger partial charge < -0.3 is 19.2 Å². The third-order valence-corrected chi connectivity index (χ3v) is 6.21. The van der Waals surface area contributed by atoms with Gasteiger partial charge in [0.15, 0.2) is 0 Å². The van der Waals surface area contributed by atoms with E-state index in [1.54, 1.807) is 12.1 Å². The minimum Gasteiger partial charge on any atom is -0.473 e. The zero-order valence-corrected chi connectivity index (χ0v) is 22.4. The molecule has 1 saturated carbocycles. The van der Waals surface area contributed by atoms with E-state index in [0.717, 1.165) is 28.2 Å². The lowest BCUT2D eigenvalue weighted by Gasteiger charge is -2.20. The van der Waals surface area contributed by atoms with E-state index in [1.807, 2.05) is 40.8 Å². The van der Waals surface area contributed by atoms with E-state index in [2.05, 4.69) is 48.3 Å². The highest BCUT2D eigenvalue weighted by Gasteiger charge is 2.23. The maximum absolute atomic E-state index is 12.1. The van der Waals surface area contributed by atoms with Gasteiger partial charge in [-0.1, -0.05) is 6.07 Å². The topological polar surface area (TPSA) is 116 Å². The van der Waals surface area contributed by atoms with E-state index >= 15 is 0 Å². The maximum atomic E-state index is 12.1. The molecule has 38 heavy (non-hydrogen) atoms. The molecule has 1 amide bonds. The lowest BCUT2D eigenvalue weighted by atomic mass is 10.1. The summed E-state index contributed by atoms with van der Waals surface area (Å²) in [5.74, 6) is 2.23. The Balaban J connectivity index is 1.19. The molecule has 4 aromatic rings. The first-order valence-corrected chi connectivity index (χ1v) is 12.8. The molecule has 2 N–H and O–H groups in total. The summed E-state index contributed by atoms with van der Waals surface area (Å²) in [5, 5.41) is 5.99. The third kappa shape index (κ3) is 6.37. The number of aromatic nitrogens is 5. The number of anilines is 2. The number of carbonyl (C=O) groups excluding carboxylic acids is 1. The van der Waals surface area contributed by atoms with E-state index in [4.69, 9.17) is 14.5 Å². The van der Waals surface area contributed by atoms with Crippen LogP contribution in [-0.2, 0) is 17.9 Å². The Labute approximate surface area is 221 Å². The fourth-order valence-corrected chi connectivity index (χ4v) is 4.20. The lowest BCUT2D eigenvalue weighted by Crippen LogP contribution is -2.27. The number of nitrogens with one attached hydrogen (secondary N) is 2. The van der Waals surface area contributed by atoms with Crippen molar-refractivity contribution >= 4 is 23.4 Å². The van der Waals surface area contributed by atoms with E-state index in [0.29, 0.717) is 30.0 Å². The first-order valence-electron chi connectivity index (χ1n) is 12.8. The highest BCUT2D eigenvalue weighted by molar-refractivity contribution is 5.83. The molecule has 0 aromatic carbocycles. The molecule has 198 valence electrons. The predicted octanol–water partition coefficient (Wildman–Crippen LogP) is 5.55. The Kier molecular flexibility index (Phi) is 6.88. The minimum absolute atomic E-state index is 0.281. The number of rotatable bonds is 8. The van der Waals surface area contributed by atoms with Crippen molar-refractivity contribution in [1.82, 2.24) is 24.3 Å². The number of fused-ring (bicyclic) bond motifs is 1. The van der Waals surface area contributed by atoms with E-state index in [9.17, 15) is 4.79 Å². The zero-order valence-electron chi connectivity index (χ0n) is 22.4. The maximum Gasteiger partial charge on any atom is 0.413 e. The molecule has 1 aliphatic carbocycles. The number of hydrogen-bond acceptors (Lipinski definition) is 8. The molecule has 0 radical (unpaired) electrons. The Morgan fingerprint density at radius 1 is 1.08 bits per heavy atom. The van der Waals surface area contributed by atoms with Crippen LogP contribution in [0.2, 0.25) is 0 Å². The largest absolute Gasteiger partial charge is 0.473 e. The molecule has 0 atom stereocenters. The summed E-state index contributed by atoms with van der Waals surface area (Å²) in [6.45, 7) is 10.1. The number of pyridine rings is 2. The molecular weight excluding hydrogens is 482 g/mol. The Bertz CT molecular complexity index is 1450. The molecule has 10 nitrogen and oxygen atoms in total. The van der Waals surface area contributed by atoms with Crippen LogP contribution >= 0.6 is 0 Å². The third-order valence-electron chi connectivity index (χ3n) is 6.21. The molecule has 4 heterocycles. The van der Waals surface area contributed by atoms with Crippen LogP contribution in [0, 0.1) is 13.8 Å². The molecule has 0 unspecified atom stereocenters. The summed E-state index contributed by atoms with van der Waals surface area (Å²) in [6, 6.07) is 7.81. The van der Waals surface area contributed by atoms with Gasteiger partial charge in [-0.25, -0.2) is 24.7 Å². The van der Waals surface area contributed by atoms with Gasteiger partial charge in [-0.15, -0.1) is 0 Å². The molecule has 0 aliphatic heterocycles. The van der Waals surface area contributed by atoms with Crippen LogP contribution in [-0.4, -0.2) is 36.0 Å². The van der Waals surface area contributed by atoms with Crippen LogP contribution in [0.15, 0.2) is 43.0 Å². The average Bonchev–Trinajstić information content (AvgIpc) is 3.60. The molecular formula is C28H33N7O3. The first kappa shape index (κ1) is 25.4. The van der Waals surface area contributed by atoms with Crippen molar-refractivity contribution in [2.24, 2.45) is 0 Å². The SMILES string of the molecule is Cc1cc(NC(=O)OC(C)(C)C)nc(C)c1COc1cc(NCc2cn3cc(C4CC4)ccc3n2)ncn1. The monoisotopic (exact) mass is 515 g/mol. The quantitative estimate of drug-likeness (QED) is 0.314. The normalized spacial score (nSPS) is 13.4. The Morgan fingerprint density at radius 2 is 1.89 bits per heavy atom. The molecule has 0 bridgehead atoms. The van der Waals surface area contributed by atoms with Crippen molar-refractivity contribution in [1.29, 1.82) is 0 Å². The second-order valence-corrected chi connectivity index (χ2v) is 10.6. The van der Waals surface area contributed by atoms with Gasteiger partial charge in [-0.2, -0.15) is 0 Å². The summed E-state index contributed by atoms with van der Waals surface area (Å²) in [7, 11) is 0. The average molecular weight is 516 g/mol. The number of nitrogens with zero attached hydrogens (tertiary/aromatic N) is 5. The van der Waals surface area contributed by atoms with Crippen molar-refractivity contribution in [2.75, 3.05) is 10.6 Å². The van der Waals surface area contributed by atoms with Crippen molar-refractivity contribution < 1.29 is 14.3 Å². The summed E-state index contributed by atoms with van der Waals surface area (Å²) in [4.78, 5) is 29.8. The molecule has 4 aromatic heterocycles. The summed E-state index contributed by atoms with van der Waals surface area (Å²) < 4.78 is 13.4. The van der Waals surface area contributed by atoms with Gasteiger partial charge in [0.25, 0.3) is 0 Å². The molecule has 10 heteroatoms. The van der Waals surface area contributed by atoms with Crippen molar-refractivity contribution in [3.05, 3.63) is 71.1 Å². The van der Waals surface area contributed by atoms with Crippen molar-refractivity contribution in [3.8, 4) is 5.88 Å². The number of aryl methyl sites for hydroxylation is 2. The van der Waals surface area contributed by atoms with Crippen LogP contribution < -0.4 is 15.4 Å². The summed E-state index contributed by atoms with van der Waals surface area (Å²) >= 11 is 0. The van der Waals surface area contributed by atoms with Crippen LogP contribution in [0.3, 0.4) is 0 Å². The standard InChI is InChI=1S/C28H33N7O3/c1-17-10-24(34-27(36)38-28(3,4)5)32-18(2)22(17)15-37-26-11-23(30-16-31-26)29-12-21-14-35-13-20(19-6-7-19)8-9-25(35)33-21/h8-11,13-14,16,19H,6-7,12,15H2,1-5H3,(H,29,30,31)(H,32,34,36). The number of imidazole rings is 1. The molecule has 1 aliphatic rings. The Morgan fingerprint density at radius 3 is 2.63 bits per heavy atom. The molecule has 5 rings (SSSR count). The van der Waals surface area contributed by atoms with Crippen LogP contribution in [0.25, 0.3) is 5.65 Å². The second-order valence-electron chi connectivity index (χ2n) is 10.6. The van der Waals surface area contributed by atoms with Gasteiger partial charge in [0.2, 0.25) is 5.88 Å². The fourth-order valence-electron chi connectivity index (χ4n) is 4.20. The van der Waals surface area contributed by atoms with E-state index < -0.39 is 11.7 Å². The van der Waals surface area contributed by atoms with E-state index in [-0.39, 0.29) is 6.61 Å². The van der Waals surface area contributed by atoms with Gasteiger partial charge in [-0.3, -0.25) is 5.32 Å². The molecule has 0 saturated heterocycles. The molecule has 1 fully saturated rings. The lowest BCUT2D eigenvalue weighted by molar-refractivity contribution is 0.0635. The Hall–Kier alpha value is -4.21. The minimum atomic E-state index is -0.584. The number of hydrogen-bond donors (Lipinski definition) is 2. The highest BCUT2D eigenvalue weighted by atomic mass is 16.6. The zero-order chi connectivity index (χ0) is 26.9. The highest BCUT2D eigenvalue weighted by Crippen LogP contribution is 2.39. The van der Waals surface area contributed by atoms with Gasteiger partial charge in [0.05, 0.1) is 12.2 Å². The van der Waals surface area contributed by atoms with Crippen LogP contribution in [0.5, 0.6) is 5.88 Å². The van der Waals surface area contributed by atoms with Gasteiger partial charge in [-0.05, 0) is 76.6 Å². The second kappa shape index (κ2) is 10.3. The summed E-state index contributed by atoms with van der Waals surface area (Å²) in [5.41, 5.74) is 5.26. The van der Waals surface area contributed by atoms with Gasteiger partial charge in [0, 0.05) is 29.7 Å². The van der Waals surface area contributed by atoms with Crippen molar-refractivity contribution in [2.45, 2.75) is 72.1 Å². The molecule has 0 spiro atoms. The first-order chi connectivity index (χ1) is 18.1. The van der Waals surface area contributed by atoms with Crippen LogP contribution in [0.4, 0.5) is 16.4 Å². The fraction of sp³-hybridized carbons (Fsp3) is 0.393. The smallest absolute Gasteiger partial charge is 0.413 e.